The van der Waals surface area contributed by atoms with E-state index in [1.807, 2.05) is 24.3 Å². The molecule has 1 aromatic carbocycles. The van der Waals surface area contributed by atoms with Crippen molar-refractivity contribution >= 4 is 15.7 Å². The second-order valence-corrected chi connectivity index (χ2v) is 9.35. The molecule has 0 aliphatic carbocycles. The van der Waals surface area contributed by atoms with Gasteiger partial charge in [0.15, 0.2) is 9.84 Å². The Morgan fingerprint density at radius 1 is 1.17 bits per heavy atom. The molecule has 1 aliphatic heterocycles. The van der Waals surface area contributed by atoms with E-state index in [4.69, 9.17) is 0 Å². The lowest BCUT2D eigenvalue weighted by Gasteiger charge is -2.23. The molecule has 3 aromatic rings. The molecular formula is C22H20N4O3S. The molecule has 30 heavy (non-hydrogen) atoms. The lowest BCUT2D eigenvalue weighted by atomic mass is 10.1. The Morgan fingerprint density at radius 3 is 2.70 bits per heavy atom. The molecular weight excluding hydrogens is 400 g/mol. The minimum atomic E-state index is -3.07. The predicted molar refractivity (Wildman–Crippen MR) is 113 cm³/mol. The Hall–Kier alpha value is -3.44. The van der Waals surface area contributed by atoms with Gasteiger partial charge in [0.1, 0.15) is 5.69 Å². The van der Waals surface area contributed by atoms with Gasteiger partial charge in [-0.25, -0.2) is 18.1 Å². The summed E-state index contributed by atoms with van der Waals surface area (Å²) in [5.41, 5.74) is 2.44. The summed E-state index contributed by atoms with van der Waals surface area (Å²) in [6.07, 6.45) is 5.60. The van der Waals surface area contributed by atoms with E-state index in [9.17, 15) is 13.2 Å². The van der Waals surface area contributed by atoms with Crippen molar-refractivity contribution in [3.63, 3.8) is 0 Å². The largest absolute Gasteiger partial charge is 0.338 e. The third-order valence-corrected chi connectivity index (χ3v) is 6.81. The standard InChI is InChI=1S/C22H20N4O3S/c1-25(20-10-14-30(28,29)16-20)22(27)18-7-9-21(26-13-4-12-24-26)17(15-18)6-8-19-5-2-3-11-23-19/h2-5,7,9,11-13,15,20H,10,14,16H2,1H3/t20-/m0/s1. The highest BCUT2D eigenvalue weighted by molar-refractivity contribution is 7.91. The van der Waals surface area contributed by atoms with Crippen LogP contribution in [-0.4, -0.2) is 58.6 Å². The second-order valence-electron chi connectivity index (χ2n) is 7.12. The van der Waals surface area contributed by atoms with Crippen LogP contribution in [0.5, 0.6) is 0 Å². The van der Waals surface area contributed by atoms with Gasteiger partial charge in [-0.05, 0) is 48.7 Å². The van der Waals surface area contributed by atoms with Crippen molar-refractivity contribution in [2.75, 3.05) is 18.6 Å². The van der Waals surface area contributed by atoms with Crippen LogP contribution in [0, 0.1) is 11.8 Å². The zero-order valence-electron chi connectivity index (χ0n) is 16.4. The molecule has 4 rings (SSSR count). The number of benzene rings is 1. The van der Waals surface area contributed by atoms with Gasteiger partial charge in [-0.1, -0.05) is 12.0 Å². The zero-order valence-corrected chi connectivity index (χ0v) is 17.2. The summed E-state index contributed by atoms with van der Waals surface area (Å²) in [6.45, 7) is 0. The van der Waals surface area contributed by atoms with Crippen LogP contribution in [0.2, 0.25) is 0 Å². The van der Waals surface area contributed by atoms with E-state index in [0.29, 0.717) is 23.2 Å². The first kappa shape index (κ1) is 19.9. The summed E-state index contributed by atoms with van der Waals surface area (Å²) in [6, 6.07) is 12.2. The van der Waals surface area contributed by atoms with Crippen LogP contribution in [0.3, 0.4) is 0 Å². The van der Waals surface area contributed by atoms with Gasteiger partial charge in [0.05, 0.1) is 22.8 Å². The molecule has 1 aliphatic rings. The summed E-state index contributed by atoms with van der Waals surface area (Å²) in [5, 5.41) is 4.26. The number of carbonyl (C=O) groups excluding carboxylic acids is 1. The van der Waals surface area contributed by atoms with Crippen LogP contribution in [0.1, 0.15) is 28.0 Å². The number of hydrogen-bond acceptors (Lipinski definition) is 5. The van der Waals surface area contributed by atoms with Gasteiger partial charge in [0, 0.05) is 37.2 Å². The number of hydrogen-bond donors (Lipinski definition) is 0. The molecule has 3 heterocycles. The Morgan fingerprint density at radius 2 is 2.03 bits per heavy atom. The number of pyridine rings is 1. The smallest absolute Gasteiger partial charge is 0.253 e. The van der Waals surface area contributed by atoms with Crippen LogP contribution in [-0.2, 0) is 9.84 Å². The van der Waals surface area contributed by atoms with Crippen molar-refractivity contribution < 1.29 is 13.2 Å². The molecule has 1 saturated heterocycles. The van der Waals surface area contributed by atoms with E-state index in [0.717, 1.165) is 5.69 Å². The third-order valence-electron chi connectivity index (χ3n) is 5.06. The van der Waals surface area contributed by atoms with Gasteiger partial charge in [-0.15, -0.1) is 0 Å². The number of amides is 1. The Kier molecular flexibility index (Phi) is 5.38. The third kappa shape index (κ3) is 4.26. The number of carbonyl (C=O) groups is 1. The molecule has 0 N–H and O–H groups in total. The minimum absolute atomic E-state index is 0.00689. The Balaban J connectivity index is 1.68. The lowest BCUT2D eigenvalue weighted by molar-refractivity contribution is 0.0747. The summed E-state index contributed by atoms with van der Waals surface area (Å²) >= 11 is 0. The summed E-state index contributed by atoms with van der Waals surface area (Å²) in [5.74, 6) is 6.01. The predicted octanol–water partition coefficient (Wildman–Crippen LogP) is 1.93. The van der Waals surface area contributed by atoms with Crippen LogP contribution in [0.4, 0.5) is 0 Å². The van der Waals surface area contributed by atoms with E-state index in [1.54, 1.807) is 48.5 Å². The van der Waals surface area contributed by atoms with Gasteiger partial charge in [-0.2, -0.15) is 5.10 Å². The average Bonchev–Trinajstić information content (AvgIpc) is 3.41. The van der Waals surface area contributed by atoms with E-state index >= 15 is 0 Å². The van der Waals surface area contributed by atoms with Crippen LogP contribution < -0.4 is 0 Å². The van der Waals surface area contributed by atoms with E-state index in [1.165, 1.54) is 4.90 Å². The highest BCUT2D eigenvalue weighted by Crippen LogP contribution is 2.21. The van der Waals surface area contributed by atoms with Crippen molar-refractivity contribution in [3.8, 4) is 17.5 Å². The van der Waals surface area contributed by atoms with Gasteiger partial charge < -0.3 is 4.90 Å². The van der Waals surface area contributed by atoms with Crippen molar-refractivity contribution in [1.82, 2.24) is 19.7 Å². The first-order chi connectivity index (χ1) is 14.4. The molecule has 0 radical (unpaired) electrons. The molecule has 8 heteroatoms. The number of aromatic nitrogens is 3. The van der Waals surface area contributed by atoms with E-state index in [-0.39, 0.29) is 23.5 Å². The maximum atomic E-state index is 13.0. The first-order valence-electron chi connectivity index (χ1n) is 9.48. The van der Waals surface area contributed by atoms with E-state index < -0.39 is 9.84 Å². The summed E-state index contributed by atoms with van der Waals surface area (Å²) in [4.78, 5) is 18.7. The summed E-state index contributed by atoms with van der Waals surface area (Å²) in [7, 11) is -1.43. The van der Waals surface area contributed by atoms with Crippen molar-refractivity contribution in [1.29, 1.82) is 0 Å². The molecule has 0 saturated carbocycles. The summed E-state index contributed by atoms with van der Waals surface area (Å²) < 4.78 is 25.2. The monoisotopic (exact) mass is 420 g/mol. The van der Waals surface area contributed by atoms with Gasteiger partial charge in [0.2, 0.25) is 0 Å². The maximum absolute atomic E-state index is 13.0. The Bertz CT molecular complexity index is 1230. The molecule has 152 valence electrons. The fourth-order valence-corrected chi connectivity index (χ4v) is 5.17. The highest BCUT2D eigenvalue weighted by atomic mass is 32.2. The van der Waals surface area contributed by atoms with Crippen LogP contribution in [0.15, 0.2) is 61.1 Å². The van der Waals surface area contributed by atoms with Crippen molar-refractivity contribution in [2.45, 2.75) is 12.5 Å². The zero-order chi connectivity index (χ0) is 21.1. The molecule has 2 aromatic heterocycles. The average molecular weight is 420 g/mol. The minimum Gasteiger partial charge on any atom is -0.338 e. The second kappa shape index (κ2) is 8.13. The number of rotatable bonds is 3. The molecule has 0 bridgehead atoms. The fourth-order valence-electron chi connectivity index (χ4n) is 3.40. The molecule has 1 fully saturated rings. The lowest BCUT2D eigenvalue weighted by Crippen LogP contribution is -2.37. The topological polar surface area (TPSA) is 85.2 Å². The van der Waals surface area contributed by atoms with Crippen LogP contribution >= 0.6 is 0 Å². The van der Waals surface area contributed by atoms with E-state index in [2.05, 4.69) is 21.9 Å². The number of nitrogens with zero attached hydrogens (tertiary/aromatic N) is 4. The van der Waals surface area contributed by atoms with Gasteiger partial charge in [0.25, 0.3) is 5.91 Å². The highest BCUT2D eigenvalue weighted by Gasteiger charge is 2.33. The van der Waals surface area contributed by atoms with Crippen molar-refractivity contribution in [2.24, 2.45) is 0 Å². The van der Waals surface area contributed by atoms with Crippen molar-refractivity contribution in [3.05, 3.63) is 77.9 Å². The normalized spacial score (nSPS) is 17.2. The number of sulfone groups is 1. The van der Waals surface area contributed by atoms with Crippen LogP contribution in [0.25, 0.3) is 5.69 Å². The molecule has 0 unspecified atom stereocenters. The Labute approximate surface area is 175 Å². The molecule has 7 nitrogen and oxygen atoms in total. The van der Waals surface area contributed by atoms with Gasteiger partial charge >= 0.3 is 0 Å². The quantitative estimate of drug-likeness (QED) is 0.605. The molecule has 1 atom stereocenters. The molecule has 0 spiro atoms. The SMILES string of the molecule is CN(C(=O)c1ccc(-n2cccn2)c(C#Cc2ccccn2)c1)[C@H]1CCS(=O)(=O)C1. The van der Waals surface area contributed by atoms with Gasteiger partial charge in [-0.3, -0.25) is 4.79 Å². The maximum Gasteiger partial charge on any atom is 0.253 e. The first-order valence-corrected chi connectivity index (χ1v) is 11.3. The molecule has 1 amide bonds. The fraction of sp³-hybridized carbons (Fsp3) is 0.227.